The van der Waals surface area contributed by atoms with Crippen molar-refractivity contribution in [2.45, 2.75) is 24.6 Å². The molecule has 196 valence electrons. The van der Waals surface area contributed by atoms with Gasteiger partial charge in [0.25, 0.3) is 17.7 Å². The minimum absolute atomic E-state index is 0.0602. The summed E-state index contributed by atoms with van der Waals surface area (Å²) in [4.78, 5) is 28.2. The quantitative estimate of drug-likeness (QED) is 0.374. The van der Waals surface area contributed by atoms with Crippen LogP contribution in [-0.2, 0) is 12.5 Å². The van der Waals surface area contributed by atoms with Crippen molar-refractivity contribution in [2.24, 2.45) is 0 Å². The lowest BCUT2D eigenvalue weighted by molar-refractivity contribution is 0.0428. The van der Waals surface area contributed by atoms with Gasteiger partial charge in [0.1, 0.15) is 17.5 Å². The maximum atomic E-state index is 15.1. The normalized spacial score (nSPS) is 17.0. The summed E-state index contributed by atoms with van der Waals surface area (Å²) < 4.78 is 31.7. The van der Waals surface area contributed by atoms with E-state index < -0.39 is 22.9 Å². The number of fused-ring (bicyclic) bond motifs is 1. The molecule has 1 aromatic heterocycles. The van der Waals surface area contributed by atoms with E-state index >= 15 is 8.78 Å². The Labute approximate surface area is 225 Å². The summed E-state index contributed by atoms with van der Waals surface area (Å²) >= 11 is 0. The lowest BCUT2D eigenvalue weighted by Crippen LogP contribution is -2.57. The maximum Gasteiger partial charge on any atom is 0.298 e. The average Bonchev–Trinajstić information content (AvgIpc) is 3.30. The molecule has 0 bridgehead atoms. The highest BCUT2D eigenvalue weighted by Crippen LogP contribution is 2.38. The van der Waals surface area contributed by atoms with E-state index in [4.69, 9.17) is 5.26 Å². The Morgan fingerprint density at radius 2 is 1.79 bits per heavy atom. The van der Waals surface area contributed by atoms with Crippen molar-refractivity contribution in [2.75, 3.05) is 10.2 Å². The maximum absolute atomic E-state index is 15.1. The van der Waals surface area contributed by atoms with Gasteiger partial charge < -0.3 is 15.3 Å². The lowest BCUT2D eigenvalue weighted by Gasteiger charge is -2.42. The molecule has 39 heavy (non-hydrogen) atoms. The van der Waals surface area contributed by atoms with E-state index in [0.717, 1.165) is 0 Å². The molecule has 0 fully saturated rings. The zero-order chi connectivity index (χ0) is 27.9. The predicted octanol–water partition coefficient (Wildman–Crippen LogP) is 3.59. The molecule has 0 spiro atoms. The molecule has 3 aromatic carbocycles. The first-order valence-corrected chi connectivity index (χ1v) is 13.0. The van der Waals surface area contributed by atoms with Gasteiger partial charge in [-0.3, -0.25) is 14.3 Å². The van der Waals surface area contributed by atoms with Gasteiger partial charge in [-0.2, -0.15) is 19.1 Å². The Morgan fingerprint density at radius 1 is 1.13 bits per heavy atom. The third-order valence-corrected chi connectivity index (χ3v) is 7.40. The zero-order valence-electron chi connectivity index (χ0n) is 21.0. The number of phenolic OH excluding ortho intramolecular Hbond substituents is 1. The van der Waals surface area contributed by atoms with Crippen LogP contribution in [0.2, 0.25) is 0 Å². The second kappa shape index (κ2) is 9.49. The number of nitrogens with zero attached hydrogens (tertiary/aromatic N) is 4. The number of nitriles is 1. The number of anilines is 2. The van der Waals surface area contributed by atoms with E-state index in [1.807, 2.05) is 13.0 Å². The highest BCUT2D eigenvalue weighted by Gasteiger charge is 2.42. The van der Waals surface area contributed by atoms with E-state index in [-0.39, 0.29) is 39.4 Å². The molecule has 4 aromatic rings. The van der Waals surface area contributed by atoms with Crippen LogP contribution in [0.4, 0.5) is 20.2 Å². The van der Waals surface area contributed by atoms with Crippen LogP contribution in [0, 0.1) is 11.3 Å². The van der Waals surface area contributed by atoms with Crippen molar-refractivity contribution >= 4 is 33.4 Å². The minimum Gasteiger partial charge on any atom is -0.507 e. The Bertz CT molecular complexity index is 1630. The molecule has 0 radical (unpaired) electrons. The van der Waals surface area contributed by atoms with Crippen LogP contribution in [0.3, 0.4) is 0 Å². The molecule has 8 nitrogen and oxygen atoms in total. The van der Waals surface area contributed by atoms with Crippen molar-refractivity contribution in [1.82, 2.24) is 9.78 Å². The topological polar surface area (TPSA) is 111 Å². The number of carbonyl (C=O) groups is 2. The third-order valence-electron chi connectivity index (χ3n) is 6.64. The van der Waals surface area contributed by atoms with Crippen LogP contribution in [0.5, 0.6) is 5.75 Å². The van der Waals surface area contributed by atoms with Crippen molar-refractivity contribution < 1.29 is 23.5 Å². The highest BCUT2D eigenvalue weighted by atomic mass is 28.1. The van der Waals surface area contributed by atoms with Gasteiger partial charge in [0.05, 0.1) is 24.0 Å². The van der Waals surface area contributed by atoms with Gasteiger partial charge in [0.15, 0.2) is 0 Å². The fraction of sp³-hybridized carbons (Fsp3) is 0.143. The Balaban J connectivity index is 1.45. The minimum atomic E-state index is -3.20. The lowest BCUT2D eigenvalue weighted by atomic mass is 9.99. The van der Waals surface area contributed by atoms with Crippen LogP contribution in [0.15, 0.2) is 79.0 Å². The summed E-state index contributed by atoms with van der Waals surface area (Å²) in [6.45, 7) is 2.24. The zero-order valence-corrected chi connectivity index (χ0v) is 23.0. The van der Waals surface area contributed by atoms with Crippen molar-refractivity contribution in [3.63, 3.8) is 0 Å². The third kappa shape index (κ3) is 4.55. The van der Waals surface area contributed by atoms with Crippen molar-refractivity contribution in [1.29, 1.82) is 5.26 Å². The van der Waals surface area contributed by atoms with Crippen LogP contribution in [0.1, 0.15) is 44.5 Å². The number of aromatic hydroxyl groups is 1. The Hall–Kier alpha value is -4.82. The van der Waals surface area contributed by atoms with Crippen LogP contribution in [0.25, 0.3) is 0 Å². The summed E-state index contributed by atoms with van der Waals surface area (Å²) in [7, 11) is 0.544. The molecule has 11 heteroatoms. The number of halogens is 2. The first-order valence-electron chi connectivity index (χ1n) is 12.0. The number of benzene rings is 3. The Morgan fingerprint density at radius 3 is 2.46 bits per heavy atom. The summed E-state index contributed by atoms with van der Waals surface area (Å²) in [5.74, 6) is -4.47. The number of carbonyl (C=O) groups excluding carboxylic acids is 2. The molecular formula is C28H23F2N5O3Si. The van der Waals surface area contributed by atoms with Gasteiger partial charge in [-0.15, -0.1) is 0 Å². The fourth-order valence-electron chi connectivity index (χ4n) is 4.70. The van der Waals surface area contributed by atoms with Gasteiger partial charge in [0.2, 0.25) is 0 Å². The number of amides is 2. The van der Waals surface area contributed by atoms with Gasteiger partial charge >= 0.3 is 0 Å². The van der Waals surface area contributed by atoms with Crippen molar-refractivity contribution in [3.8, 4) is 11.8 Å². The second-order valence-electron chi connectivity index (χ2n) is 9.80. The number of hydrogen-bond donors (Lipinski definition) is 2. The van der Waals surface area contributed by atoms with E-state index in [1.54, 1.807) is 23.1 Å². The van der Waals surface area contributed by atoms with Gasteiger partial charge in [-0.1, -0.05) is 42.5 Å². The first-order chi connectivity index (χ1) is 18.5. The molecule has 2 amide bonds. The molecule has 0 aliphatic carbocycles. The number of hydrogen-bond acceptors (Lipinski definition) is 5. The summed E-state index contributed by atoms with van der Waals surface area (Å²) in [6, 6.07) is 18.8. The van der Waals surface area contributed by atoms with E-state index in [9.17, 15) is 14.7 Å². The number of nitrogens with one attached hydrogen (secondary N) is 1. The van der Waals surface area contributed by atoms with Gasteiger partial charge in [0, 0.05) is 37.8 Å². The molecule has 1 aliphatic rings. The van der Waals surface area contributed by atoms with Crippen molar-refractivity contribution in [3.05, 3.63) is 107 Å². The van der Waals surface area contributed by atoms with E-state index in [2.05, 4.69) is 10.4 Å². The summed E-state index contributed by atoms with van der Waals surface area (Å²) in [6.07, 6.45) is 1.38. The monoisotopic (exact) mass is 543 g/mol. The largest absolute Gasteiger partial charge is 0.507 e. The van der Waals surface area contributed by atoms with Crippen LogP contribution >= 0.6 is 0 Å². The predicted molar refractivity (Wildman–Crippen MR) is 144 cm³/mol. The molecule has 1 aliphatic heterocycles. The number of phenols is 1. The molecule has 0 saturated heterocycles. The highest BCUT2D eigenvalue weighted by molar-refractivity contribution is 6.24. The second-order valence-corrected chi connectivity index (χ2v) is 12.0. The Kier molecular flexibility index (Phi) is 6.28. The number of rotatable bonds is 5. The van der Waals surface area contributed by atoms with Gasteiger partial charge in [-0.25, -0.2) is 0 Å². The molecule has 5 rings (SSSR count). The van der Waals surface area contributed by atoms with E-state index in [1.165, 1.54) is 65.5 Å². The molecule has 1 atom stereocenters. The molecule has 0 saturated carbocycles. The number of aromatic nitrogens is 2. The molecular weight excluding hydrogens is 520 g/mol. The molecule has 2 heterocycles. The standard InChI is InChI=1S/C28H23F2N5O3Si/c1-27(39)16-34-24(22(15-32-34)33-25(37)17-7-12-23(36)18(13-17)14-31)26(38)35(27)21-10-8-20(9-11-21)28(29,30)19-5-3-2-4-6-19/h2-13,15,36H,16H2,1,39H3,(H,33,37)/t27-/m0/s1. The first kappa shape index (κ1) is 25.8. The summed E-state index contributed by atoms with van der Waals surface area (Å²) in [5.41, 5.74) is 0.509. The summed E-state index contributed by atoms with van der Waals surface area (Å²) in [5, 5.41) is 25.2. The van der Waals surface area contributed by atoms with E-state index in [0.29, 0.717) is 22.5 Å². The van der Waals surface area contributed by atoms with Crippen LogP contribution in [-0.4, -0.2) is 42.1 Å². The molecule has 0 unspecified atom stereocenters. The molecule has 2 N–H and O–H groups in total. The number of alkyl halides is 2. The SMILES string of the molecule is C[C@]1([SiH3])Cn2ncc(NC(=O)c3ccc(O)c(C#N)c3)c2C(=O)N1c1ccc(C(F)(F)c2ccccc2)cc1. The average molecular weight is 544 g/mol. The van der Waals surface area contributed by atoms with Gasteiger partial charge in [-0.05, 0) is 37.3 Å². The smallest absolute Gasteiger partial charge is 0.298 e. The van der Waals surface area contributed by atoms with Crippen LogP contribution < -0.4 is 10.2 Å². The fourth-order valence-corrected chi connectivity index (χ4v) is 5.46.